The third kappa shape index (κ3) is 6.80. The van der Waals surface area contributed by atoms with Crippen LogP contribution in [-0.2, 0) is 4.79 Å². The maximum atomic E-state index is 12.4. The fraction of sp³-hybridized carbons (Fsp3) is 0.529. The lowest BCUT2D eigenvalue weighted by Gasteiger charge is -2.24. The molecule has 0 spiro atoms. The average Bonchev–Trinajstić information content (AvgIpc) is 2.57. The Kier molecular flexibility index (Phi) is 9.93. The number of carbonyl (C=O) groups excluding carboxylic acids is 2. The summed E-state index contributed by atoms with van der Waals surface area (Å²) in [7, 11) is 3.18. The van der Waals surface area contributed by atoms with Gasteiger partial charge in [0.1, 0.15) is 0 Å². The number of methoxy groups -OCH3 is 1. The van der Waals surface area contributed by atoms with Crippen LogP contribution in [0.2, 0.25) is 0 Å². The quantitative estimate of drug-likeness (QED) is 0.719. The van der Waals surface area contributed by atoms with Crippen molar-refractivity contribution < 1.29 is 19.1 Å². The Morgan fingerprint density at radius 1 is 1.24 bits per heavy atom. The third-order valence-electron chi connectivity index (χ3n) is 3.54. The Morgan fingerprint density at radius 2 is 1.88 bits per heavy atom. The molecule has 0 aromatic heterocycles. The number of amides is 2. The van der Waals surface area contributed by atoms with Gasteiger partial charge in [-0.1, -0.05) is 0 Å². The molecule has 0 fully saturated rings. The van der Waals surface area contributed by atoms with E-state index >= 15 is 0 Å². The van der Waals surface area contributed by atoms with Crippen molar-refractivity contribution in [3.8, 4) is 11.5 Å². The van der Waals surface area contributed by atoms with Crippen LogP contribution < -0.4 is 20.5 Å². The molecule has 0 radical (unpaired) electrons. The van der Waals surface area contributed by atoms with E-state index in [1.54, 1.807) is 30.1 Å². The number of likely N-dealkylation sites (N-methyl/N-ethyl adjacent to an activating group) is 1. The molecule has 0 aliphatic rings. The summed E-state index contributed by atoms with van der Waals surface area (Å²) in [4.78, 5) is 25.6. The Morgan fingerprint density at radius 3 is 2.40 bits per heavy atom. The first-order valence-electron chi connectivity index (χ1n) is 7.87. The molecule has 1 aromatic rings. The number of benzene rings is 1. The average molecular weight is 374 g/mol. The SMILES string of the molecule is COc1cc(C(=O)N(C)C(C)CN)ccc1OCC(=O)NC(C)C.Cl. The van der Waals surface area contributed by atoms with Gasteiger partial charge in [-0.05, 0) is 39.0 Å². The molecule has 0 saturated heterocycles. The van der Waals surface area contributed by atoms with Gasteiger partial charge in [0.2, 0.25) is 0 Å². The van der Waals surface area contributed by atoms with Gasteiger partial charge in [-0.2, -0.15) is 0 Å². The van der Waals surface area contributed by atoms with Crippen LogP contribution in [0, 0.1) is 0 Å². The van der Waals surface area contributed by atoms with E-state index in [-0.39, 0.29) is 42.9 Å². The minimum absolute atomic E-state index is 0. The van der Waals surface area contributed by atoms with E-state index in [1.807, 2.05) is 20.8 Å². The summed E-state index contributed by atoms with van der Waals surface area (Å²) < 4.78 is 10.7. The molecule has 0 saturated carbocycles. The lowest BCUT2D eigenvalue weighted by molar-refractivity contribution is -0.123. The van der Waals surface area contributed by atoms with Crippen molar-refractivity contribution >= 4 is 24.2 Å². The summed E-state index contributed by atoms with van der Waals surface area (Å²) in [5.41, 5.74) is 6.06. The van der Waals surface area contributed by atoms with Gasteiger partial charge in [-0.25, -0.2) is 0 Å². The van der Waals surface area contributed by atoms with E-state index in [9.17, 15) is 9.59 Å². The molecule has 0 aliphatic heterocycles. The number of nitrogens with one attached hydrogen (secondary N) is 1. The van der Waals surface area contributed by atoms with Crippen LogP contribution in [-0.4, -0.2) is 56.1 Å². The molecular weight excluding hydrogens is 346 g/mol. The van der Waals surface area contributed by atoms with Gasteiger partial charge in [-0.3, -0.25) is 9.59 Å². The molecule has 8 heteroatoms. The molecule has 142 valence electrons. The number of hydrogen-bond acceptors (Lipinski definition) is 5. The number of ether oxygens (including phenoxy) is 2. The monoisotopic (exact) mass is 373 g/mol. The molecule has 1 unspecified atom stereocenters. The minimum atomic E-state index is -0.219. The molecular formula is C17H28ClN3O4. The zero-order chi connectivity index (χ0) is 18.3. The zero-order valence-corrected chi connectivity index (χ0v) is 16.2. The van der Waals surface area contributed by atoms with Crippen molar-refractivity contribution in [2.45, 2.75) is 32.9 Å². The van der Waals surface area contributed by atoms with E-state index < -0.39 is 0 Å². The summed E-state index contributed by atoms with van der Waals surface area (Å²) >= 11 is 0. The van der Waals surface area contributed by atoms with Crippen LogP contribution in [0.3, 0.4) is 0 Å². The summed E-state index contributed by atoms with van der Waals surface area (Å²) in [5, 5.41) is 2.74. The largest absolute Gasteiger partial charge is 0.493 e. The predicted octanol–water partition coefficient (Wildman–Crippen LogP) is 1.44. The van der Waals surface area contributed by atoms with Crippen molar-refractivity contribution in [1.29, 1.82) is 0 Å². The predicted molar refractivity (Wildman–Crippen MR) is 99.6 cm³/mol. The van der Waals surface area contributed by atoms with Crippen molar-refractivity contribution in [3.63, 3.8) is 0 Å². The van der Waals surface area contributed by atoms with Gasteiger partial charge in [0.05, 0.1) is 7.11 Å². The number of carbonyl (C=O) groups is 2. The van der Waals surface area contributed by atoms with E-state index in [1.165, 1.54) is 7.11 Å². The van der Waals surface area contributed by atoms with Crippen LogP contribution in [0.1, 0.15) is 31.1 Å². The first-order valence-corrected chi connectivity index (χ1v) is 7.87. The first-order chi connectivity index (χ1) is 11.3. The highest BCUT2D eigenvalue weighted by Crippen LogP contribution is 2.28. The number of halogens is 1. The number of nitrogens with two attached hydrogens (primary N) is 1. The summed E-state index contributed by atoms with van der Waals surface area (Å²) in [6.45, 7) is 5.88. The minimum Gasteiger partial charge on any atom is -0.493 e. The van der Waals surface area contributed by atoms with Gasteiger partial charge in [-0.15, -0.1) is 12.4 Å². The molecule has 0 aliphatic carbocycles. The van der Waals surface area contributed by atoms with E-state index in [2.05, 4.69) is 5.32 Å². The molecule has 25 heavy (non-hydrogen) atoms. The zero-order valence-electron chi connectivity index (χ0n) is 15.4. The van der Waals surface area contributed by atoms with Crippen molar-refractivity contribution in [2.24, 2.45) is 5.73 Å². The smallest absolute Gasteiger partial charge is 0.258 e. The van der Waals surface area contributed by atoms with Crippen LogP contribution in [0.25, 0.3) is 0 Å². The lowest BCUT2D eigenvalue weighted by Crippen LogP contribution is -2.39. The summed E-state index contributed by atoms with van der Waals surface area (Å²) in [6.07, 6.45) is 0. The maximum absolute atomic E-state index is 12.4. The second-order valence-corrected chi connectivity index (χ2v) is 5.88. The van der Waals surface area contributed by atoms with Gasteiger partial charge in [0, 0.05) is 31.2 Å². The molecule has 1 aromatic carbocycles. The van der Waals surface area contributed by atoms with Crippen molar-refractivity contribution in [3.05, 3.63) is 23.8 Å². The number of rotatable bonds is 8. The van der Waals surface area contributed by atoms with Gasteiger partial charge in [0.15, 0.2) is 18.1 Å². The molecule has 3 N–H and O–H groups in total. The highest BCUT2D eigenvalue weighted by atomic mass is 35.5. The Hall–Kier alpha value is -1.99. The second kappa shape index (κ2) is 10.8. The fourth-order valence-electron chi connectivity index (χ4n) is 1.99. The van der Waals surface area contributed by atoms with Crippen LogP contribution in [0.5, 0.6) is 11.5 Å². The van der Waals surface area contributed by atoms with E-state index in [0.29, 0.717) is 23.6 Å². The van der Waals surface area contributed by atoms with Gasteiger partial charge in [0.25, 0.3) is 11.8 Å². The Balaban J connectivity index is 0.00000576. The molecule has 1 atom stereocenters. The van der Waals surface area contributed by atoms with Crippen LogP contribution >= 0.6 is 12.4 Å². The lowest BCUT2D eigenvalue weighted by atomic mass is 10.1. The van der Waals surface area contributed by atoms with Gasteiger partial charge >= 0.3 is 0 Å². The van der Waals surface area contributed by atoms with Crippen molar-refractivity contribution in [2.75, 3.05) is 27.3 Å². The standard InChI is InChI=1S/C17H27N3O4.ClH/c1-11(2)19-16(21)10-24-14-7-6-13(8-15(14)23-5)17(22)20(4)12(3)9-18;/h6-8,11-12H,9-10,18H2,1-5H3,(H,19,21);1H. The number of nitrogens with zero attached hydrogens (tertiary/aromatic N) is 1. The normalized spacial score (nSPS) is 11.3. The molecule has 7 nitrogen and oxygen atoms in total. The Bertz CT molecular complexity index is 581. The topological polar surface area (TPSA) is 93.9 Å². The first kappa shape index (κ1) is 23.0. The fourth-order valence-corrected chi connectivity index (χ4v) is 1.99. The van der Waals surface area contributed by atoms with Crippen LogP contribution in [0.4, 0.5) is 0 Å². The summed E-state index contributed by atoms with van der Waals surface area (Å²) in [5.74, 6) is 0.425. The molecule has 0 heterocycles. The third-order valence-corrected chi connectivity index (χ3v) is 3.54. The Labute approximate surface area is 155 Å². The van der Waals surface area contributed by atoms with Crippen molar-refractivity contribution in [1.82, 2.24) is 10.2 Å². The maximum Gasteiger partial charge on any atom is 0.258 e. The highest BCUT2D eigenvalue weighted by Gasteiger charge is 2.18. The van der Waals surface area contributed by atoms with E-state index in [4.69, 9.17) is 15.2 Å². The van der Waals surface area contributed by atoms with Gasteiger partial charge < -0.3 is 25.4 Å². The molecule has 0 bridgehead atoms. The van der Waals surface area contributed by atoms with Crippen LogP contribution in [0.15, 0.2) is 18.2 Å². The second-order valence-electron chi connectivity index (χ2n) is 5.88. The summed E-state index contributed by atoms with van der Waals surface area (Å²) in [6, 6.07) is 4.83. The highest BCUT2D eigenvalue weighted by molar-refractivity contribution is 5.95. The molecule has 2 amide bonds. The number of hydrogen-bond donors (Lipinski definition) is 2. The van der Waals surface area contributed by atoms with E-state index in [0.717, 1.165) is 0 Å². The molecule has 1 rings (SSSR count).